The number of benzene rings is 1. The highest BCUT2D eigenvalue weighted by molar-refractivity contribution is 5.94. The molecule has 0 aliphatic heterocycles. The van der Waals surface area contributed by atoms with Gasteiger partial charge in [0, 0.05) is 12.1 Å². The first-order valence-electron chi connectivity index (χ1n) is 6.11. The van der Waals surface area contributed by atoms with Crippen molar-refractivity contribution in [2.75, 3.05) is 13.7 Å². The topological polar surface area (TPSA) is 58.6 Å². The Balaban J connectivity index is 2.65. The van der Waals surface area contributed by atoms with Gasteiger partial charge in [-0.1, -0.05) is 20.8 Å². The summed E-state index contributed by atoms with van der Waals surface area (Å²) in [5, 5.41) is 12.5. The second-order valence-electron chi connectivity index (χ2n) is 4.82. The van der Waals surface area contributed by atoms with E-state index in [0.29, 0.717) is 29.7 Å². The van der Waals surface area contributed by atoms with Gasteiger partial charge in [-0.05, 0) is 30.0 Å². The van der Waals surface area contributed by atoms with Crippen molar-refractivity contribution < 1.29 is 14.6 Å². The van der Waals surface area contributed by atoms with Crippen LogP contribution in [0.25, 0.3) is 0 Å². The van der Waals surface area contributed by atoms with Crippen LogP contribution < -0.4 is 10.1 Å². The molecule has 1 aromatic carbocycles. The molecule has 100 valence electrons. The Morgan fingerprint density at radius 3 is 2.56 bits per heavy atom. The van der Waals surface area contributed by atoms with E-state index in [-0.39, 0.29) is 11.7 Å². The minimum Gasteiger partial charge on any atom is -0.504 e. The number of phenols is 1. The van der Waals surface area contributed by atoms with Crippen molar-refractivity contribution in [3.8, 4) is 11.5 Å². The Labute approximate surface area is 108 Å². The van der Waals surface area contributed by atoms with Gasteiger partial charge in [0.15, 0.2) is 11.5 Å². The number of carbonyl (C=O) groups excluding carboxylic acids is 1. The molecular formula is C14H21NO3. The first-order chi connectivity index (χ1) is 8.45. The highest BCUT2D eigenvalue weighted by atomic mass is 16.5. The number of hydrogen-bond donors (Lipinski definition) is 2. The highest BCUT2D eigenvalue weighted by Crippen LogP contribution is 2.26. The molecule has 4 heteroatoms. The monoisotopic (exact) mass is 251 g/mol. The predicted octanol–water partition coefficient (Wildman–Crippen LogP) is 2.42. The van der Waals surface area contributed by atoms with Gasteiger partial charge in [-0.15, -0.1) is 0 Å². The SMILES string of the molecule is COc1ccc(C(=O)NCC(C)C(C)C)cc1O. The molecule has 4 nitrogen and oxygen atoms in total. The normalized spacial score (nSPS) is 12.3. The summed E-state index contributed by atoms with van der Waals surface area (Å²) in [6.45, 7) is 6.96. The van der Waals surface area contributed by atoms with E-state index in [9.17, 15) is 9.90 Å². The Kier molecular flexibility index (Phi) is 5.01. The lowest BCUT2D eigenvalue weighted by molar-refractivity contribution is 0.0944. The third kappa shape index (κ3) is 3.65. The van der Waals surface area contributed by atoms with Crippen LogP contribution in [0.4, 0.5) is 0 Å². The number of methoxy groups -OCH3 is 1. The summed E-state index contributed by atoms with van der Waals surface area (Å²) in [6.07, 6.45) is 0. The Bertz CT molecular complexity index is 416. The first kappa shape index (κ1) is 14.4. The van der Waals surface area contributed by atoms with E-state index in [0.717, 1.165) is 0 Å². The zero-order valence-corrected chi connectivity index (χ0v) is 11.4. The van der Waals surface area contributed by atoms with Crippen LogP contribution in [0.1, 0.15) is 31.1 Å². The summed E-state index contributed by atoms with van der Waals surface area (Å²) < 4.78 is 4.93. The van der Waals surface area contributed by atoms with Crippen molar-refractivity contribution >= 4 is 5.91 Å². The molecule has 0 fully saturated rings. The molecule has 0 heterocycles. The molecule has 0 bridgehead atoms. The molecule has 0 radical (unpaired) electrons. The minimum atomic E-state index is -0.180. The van der Waals surface area contributed by atoms with Gasteiger partial charge >= 0.3 is 0 Å². The third-order valence-corrected chi connectivity index (χ3v) is 3.16. The molecule has 0 aliphatic carbocycles. The number of nitrogens with one attached hydrogen (secondary N) is 1. The Hall–Kier alpha value is -1.71. The average molecular weight is 251 g/mol. The number of phenolic OH excluding ortho intramolecular Hbond substituents is 1. The molecular weight excluding hydrogens is 230 g/mol. The van der Waals surface area contributed by atoms with Crippen molar-refractivity contribution in [3.05, 3.63) is 23.8 Å². The smallest absolute Gasteiger partial charge is 0.251 e. The molecule has 0 spiro atoms. The summed E-state index contributed by atoms with van der Waals surface area (Å²) in [5.41, 5.74) is 0.434. The zero-order valence-electron chi connectivity index (χ0n) is 11.4. The van der Waals surface area contributed by atoms with Crippen molar-refractivity contribution in [1.29, 1.82) is 0 Å². The van der Waals surface area contributed by atoms with Crippen LogP contribution in [0.3, 0.4) is 0 Å². The predicted molar refractivity (Wildman–Crippen MR) is 71.0 cm³/mol. The van der Waals surface area contributed by atoms with E-state index in [1.807, 2.05) is 0 Å². The van der Waals surface area contributed by atoms with Crippen LogP contribution in [0, 0.1) is 11.8 Å². The fourth-order valence-electron chi connectivity index (χ4n) is 1.42. The number of hydrogen-bond acceptors (Lipinski definition) is 3. The van der Waals surface area contributed by atoms with Gasteiger partial charge in [-0.25, -0.2) is 0 Å². The van der Waals surface area contributed by atoms with Gasteiger partial charge in [0.1, 0.15) is 0 Å². The number of amides is 1. The minimum absolute atomic E-state index is 0.0259. The van der Waals surface area contributed by atoms with Crippen LogP contribution in [0.2, 0.25) is 0 Å². The summed E-state index contributed by atoms with van der Waals surface area (Å²) in [5.74, 6) is 1.10. The highest BCUT2D eigenvalue weighted by Gasteiger charge is 2.12. The first-order valence-corrected chi connectivity index (χ1v) is 6.11. The van der Waals surface area contributed by atoms with Crippen molar-refractivity contribution in [2.45, 2.75) is 20.8 Å². The van der Waals surface area contributed by atoms with Gasteiger partial charge in [-0.3, -0.25) is 4.79 Å². The Morgan fingerprint density at radius 1 is 1.39 bits per heavy atom. The largest absolute Gasteiger partial charge is 0.504 e. The van der Waals surface area contributed by atoms with Crippen LogP contribution >= 0.6 is 0 Å². The number of aromatic hydroxyl groups is 1. The van der Waals surface area contributed by atoms with Gasteiger partial charge in [0.25, 0.3) is 5.91 Å². The fraction of sp³-hybridized carbons (Fsp3) is 0.500. The van der Waals surface area contributed by atoms with E-state index in [1.54, 1.807) is 12.1 Å². The Morgan fingerprint density at radius 2 is 2.06 bits per heavy atom. The van der Waals surface area contributed by atoms with Gasteiger partial charge < -0.3 is 15.2 Å². The van der Waals surface area contributed by atoms with E-state index in [1.165, 1.54) is 13.2 Å². The quantitative estimate of drug-likeness (QED) is 0.845. The molecule has 0 saturated heterocycles. The van der Waals surface area contributed by atoms with E-state index >= 15 is 0 Å². The molecule has 1 rings (SSSR count). The summed E-state index contributed by atoms with van der Waals surface area (Å²) >= 11 is 0. The van der Waals surface area contributed by atoms with Crippen molar-refractivity contribution in [1.82, 2.24) is 5.32 Å². The molecule has 2 N–H and O–H groups in total. The zero-order chi connectivity index (χ0) is 13.7. The molecule has 1 atom stereocenters. The molecule has 18 heavy (non-hydrogen) atoms. The van der Waals surface area contributed by atoms with Crippen molar-refractivity contribution in [2.24, 2.45) is 11.8 Å². The lowest BCUT2D eigenvalue weighted by Gasteiger charge is -2.16. The van der Waals surface area contributed by atoms with Crippen LogP contribution in [0.15, 0.2) is 18.2 Å². The second kappa shape index (κ2) is 6.28. The molecule has 1 amide bonds. The van der Waals surface area contributed by atoms with Crippen molar-refractivity contribution in [3.63, 3.8) is 0 Å². The van der Waals surface area contributed by atoms with Gasteiger partial charge in [0.05, 0.1) is 7.11 Å². The van der Waals surface area contributed by atoms with E-state index in [2.05, 4.69) is 26.1 Å². The lowest BCUT2D eigenvalue weighted by Crippen LogP contribution is -2.30. The van der Waals surface area contributed by atoms with Gasteiger partial charge in [-0.2, -0.15) is 0 Å². The molecule has 0 saturated carbocycles. The van der Waals surface area contributed by atoms with Crippen LogP contribution in [0.5, 0.6) is 11.5 Å². The summed E-state index contributed by atoms with van der Waals surface area (Å²) in [7, 11) is 1.47. The van der Waals surface area contributed by atoms with E-state index < -0.39 is 0 Å². The van der Waals surface area contributed by atoms with Crippen LogP contribution in [-0.4, -0.2) is 24.7 Å². The van der Waals surface area contributed by atoms with Crippen LogP contribution in [-0.2, 0) is 0 Å². The maximum Gasteiger partial charge on any atom is 0.251 e. The second-order valence-corrected chi connectivity index (χ2v) is 4.82. The fourth-order valence-corrected chi connectivity index (χ4v) is 1.42. The number of rotatable bonds is 5. The third-order valence-electron chi connectivity index (χ3n) is 3.16. The molecule has 0 aromatic heterocycles. The maximum absolute atomic E-state index is 11.9. The summed E-state index contributed by atoms with van der Waals surface area (Å²) in [4.78, 5) is 11.9. The number of carbonyl (C=O) groups is 1. The summed E-state index contributed by atoms with van der Waals surface area (Å²) in [6, 6.07) is 4.62. The lowest BCUT2D eigenvalue weighted by atomic mass is 9.98. The molecule has 1 aromatic rings. The molecule has 0 aliphatic rings. The van der Waals surface area contributed by atoms with Gasteiger partial charge in [0.2, 0.25) is 0 Å². The maximum atomic E-state index is 11.9. The van der Waals surface area contributed by atoms with E-state index in [4.69, 9.17) is 4.74 Å². The molecule has 1 unspecified atom stereocenters. The standard InChI is InChI=1S/C14H21NO3/c1-9(2)10(3)8-15-14(17)11-5-6-13(18-4)12(16)7-11/h5-7,9-10,16H,8H2,1-4H3,(H,15,17). The number of ether oxygens (including phenoxy) is 1. The average Bonchev–Trinajstić information content (AvgIpc) is 2.35.